The molecule has 1 amide bonds. The van der Waals surface area contributed by atoms with E-state index in [0.29, 0.717) is 0 Å². The van der Waals surface area contributed by atoms with E-state index >= 15 is 0 Å². The van der Waals surface area contributed by atoms with Crippen LogP contribution in [0.5, 0.6) is 11.5 Å². The van der Waals surface area contributed by atoms with Gasteiger partial charge in [-0.3, -0.25) is 4.79 Å². The van der Waals surface area contributed by atoms with Gasteiger partial charge in [-0.25, -0.2) is 0 Å². The number of nitrogens with one attached hydrogen (secondary N) is 2. The highest BCUT2D eigenvalue weighted by Gasteiger charge is 2.52. The summed E-state index contributed by atoms with van der Waals surface area (Å²) in [5, 5.41) is 3.58. The van der Waals surface area contributed by atoms with Gasteiger partial charge >= 0.3 is 0 Å². The largest absolute Gasteiger partial charge is 0.493 e. The average Bonchev–Trinajstić information content (AvgIpc) is 2.70. The Morgan fingerprint density at radius 2 is 1.59 bits per heavy atom. The predicted octanol–water partition coefficient (Wildman–Crippen LogP) is 2.12. The third-order valence-electron chi connectivity index (χ3n) is 8.27. The molecule has 5 nitrogen and oxygen atoms in total. The van der Waals surface area contributed by atoms with Crippen LogP contribution in [0.3, 0.4) is 0 Å². The number of methoxy groups -OCH3 is 2. The fourth-order valence-electron chi connectivity index (χ4n) is 7.18. The first-order chi connectivity index (χ1) is 14.0. The molecule has 5 heteroatoms. The molecule has 1 aromatic rings. The number of ether oxygens (including phenoxy) is 2. The third kappa shape index (κ3) is 3.41. The first kappa shape index (κ1) is 19.2. The molecule has 0 saturated heterocycles. The number of rotatable bonds is 5. The van der Waals surface area contributed by atoms with Gasteiger partial charge in [-0.1, -0.05) is 0 Å². The highest BCUT2D eigenvalue weighted by Crippen LogP contribution is 2.55. The lowest BCUT2D eigenvalue weighted by Gasteiger charge is -2.57. The monoisotopic (exact) mass is 399 g/mol. The highest BCUT2D eigenvalue weighted by atomic mass is 16.5. The van der Waals surface area contributed by atoms with Crippen LogP contribution < -0.4 is 19.7 Å². The van der Waals surface area contributed by atoms with Crippen LogP contribution in [0.4, 0.5) is 0 Å². The SMILES string of the molecule is COc1cc2c(cc1OC)C[NH+]([C@H](C)C(=O)NC13CC4CC(CC(C4)C1)C3)CC2. The van der Waals surface area contributed by atoms with Gasteiger partial charge < -0.3 is 19.7 Å². The first-order valence-electron chi connectivity index (χ1n) is 11.4. The zero-order chi connectivity index (χ0) is 20.2. The van der Waals surface area contributed by atoms with Crippen LogP contribution in [0.25, 0.3) is 0 Å². The predicted molar refractivity (Wildman–Crippen MR) is 111 cm³/mol. The van der Waals surface area contributed by atoms with Crippen LogP contribution in [0.15, 0.2) is 12.1 Å². The standard InChI is InChI=1S/C24H34N2O3/c1-15(23(27)25-24-11-16-6-17(12-24)8-18(7-16)13-24)26-5-4-19-9-21(28-2)22(29-3)10-20(19)14-26/h9-10,15-18H,4-8,11-14H2,1-3H3,(H,25,27)/p+1/t15-,16?,17?,18?,24?/m1/s1. The maximum absolute atomic E-state index is 13.3. The van der Waals surface area contributed by atoms with Gasteiger partial charge in [-0.2, -0.15) is 0 Å². The normalized spacial score (nSPS) is 35.7. The average molecular weight is 400 g/mol. The Labute approximate surface area is 174 Å². The fourth-order valence-corrected chi connectivity index (χ4v) is 7.18. The number of hydrogen-bond donors (Lipinski definition) is 2. The van der Waals surface area contributed by atoms with Crippen LogP contribution >= 0.6 is 0 Å². The van der Waals surface area contributed by atoms with Crippen LogP contribution in [-0.2, 0) is 17.8 Å². The smallest absolute Gasteiger partial charge is 0.278 e. The Morgan fingerprint density at radius 1 is 1.03 bits per heavy atom. The number of carbonyl (C=O) groups is 1. The summed E-state index contributed by atoms with van der Waals surface area (Å²) >= 11 is 0. The maximum Gasteiger partial charge on any atom is 0.278 e. The van der Waals surface area contributed by atoms with Crippen molar-refractivity contribution in [2.24, 2.45) is 17.8 Å². The van der Waals surface area contributed by atoms with Crippen molar-refractivity contribution in [3.05, 3.63) is 23.3 Å². The Bertz CT molecular complexity index is 770. The van der Waals surface area contributed by atoms with E-state index in [4.69, 9.17) is 9.47 Å². The van der Waals surface area contributed by atoms with E-state index in [-0.39, 0.29) is 17.5 Å². The van der Waals surface area contributed by atoms with Crippen molar-refractivity contribution in [2.45, 2.75) is 70.0 Å². The van der Waals surface area contributed by atoms with E-state index in [2.05, 4.69) is 24.4 Å². The molecular formula is C24H35N2O3+. The van der Waals surface area contributed by atoms with Crippen molar-refractivity contribution >= 4 is 5.91 Å². The molecule has 0 radical (unpaired) electrons. The summed E-state index contributed by atoms with van der Waals surface area (Å²) in [7, 11) is 3.36. The van der Waals surface area contributed by atoms with Gasteiger partial charge in [0.25, 0.3) is 5.91 Å². The van der Waals surface area contributed by atoms with E-state index in [1.165, 1.54) is 54.6 Å². The van der Waals surface area contributed by atoms with E-state index in [9.17, 15) is 4.79 Å². The van der Waals surface area contributed by atoms with Gasteiger partial charge in [0.1, 0.15) is 6.54 Å². The summed E-state index contributed by atoms with van der Waals surface area (Å²) in [5.74, 6) is 4.39. The molecule has 0 aromatic heterocycles. The van der Waals surface area contributed by atoms with E-state index < -0.39 is 0 Å². The summed E-state index contributed by atoms with van der Waals surface area (Å²) in [6, 6.07) is 4.17. The molecule has 4 saturated carbocycles. The van der Waals surface area contributed by atoms with E-state index in [1.807, 2.05) is 0 Å². The van der Waals surface area contributed by atoms with Crippen molar-refractivity contribution < 1.29 is 19.2 Å². The molecule has 4 aliphatic carbocycles. The van der Waals surface area contributed by atoms with Crippen molar-refractivity contribution in [2.75, 3.05) is 20.8 Å². The highest BCUT2D eigenvalue weighted by molar-refractivity contribution is 5.80. The first-order valence-corrected chi connectivity index (χ1v) is 11.4. The number of quaternary nitrogens is 1. The van der Waals surface area contributed by atoms with Gasteiger partial charge in [0, 0.05) is 17.5 Å². The molecule has 158 valence electrons. The third-order valence-corrected chi connectivity index (χ3v) is 8.27. The minimum atomic E-state index is -0.0238. The zero-order valence-electron chi connectivity index (χ0n) is 18.1. The topological polar surface area (TPSA) is 52.0 Å². The molecular weight excluding hydrogens is 364 g/mol. The second kappa shape index (κ2) is 7.19. The number of carbonyl (C=O) groups excluding carboxylic acids is 1. The van der Waals surface area contributed by atoms with Crippen molar-refractivity contribution in [3.63, 3.8) is 0 Å². The molecule has 2 atom stereocenters. The molecule has 4 bridgehead atoms. The van der Waals surface area contributed by atoms with Gasteiger partial charge in [0.15, 0.2) is 17.5 Å². The molecule has 0 spiro atoms. The minimum absolute atomic E-state index is 0.0238. The quantitative estimate of drug-likeness (QED) is 0.798. The van der Waals surface area contributed by atoms with Gasteiger partial charge in [0.05, 0.1) is 20.8 Å². The zero-order valence-corrected chi connectivity index (χ0v) is 18.1. The minimum Gasteiger partial charge on any atom is -0.493 e. The van der Waals surface area contributed by atoms with Crippen LogP contribution in [0.2, 0.25) is 0 Å². The molecule has 2 N–H and O–H groups in total. The van der Waals surface area contributed by atoms with Crippen LogP contribution in [0, 0.1) is 17.8 Å². The number of fused-ring (bicyclic) bond motifs is 1. The van der Waals surface area contributed by atoms with Crippen molar-refractivity contribution in [1.29, 1.82) is 0 Å². The van der Waals surface area contributed by atoms with Gasteiger partial charge in [0.2, 0.25) is 0 Å². The number of hydrogen-bond acceptors (Lipinski definition) is 3. The summed E-state index contributed by atoms with van der Waals surface area (Å²) in [4.78, 5) is 14.6. The second-order valence-electron chi connectivity index (χ2n) is 10.2. The summed E-state index contributed by atoms with van der Waals surface area (Å²) in [6.07, 6.45) is 8.84. The molecule has 29 heavy (non-hydrogen) atoms. The van der Waals surface area contributed by atoms with Gasteiger partial charge in [-0.05, 0) is 80.9 Å². The molecule has 4 fully saturated rings. The molecule has 1 aromatic carbocycles. The fraction of sp³-hybridized carbons (Fsp3) is 0.708. The number of benzene rings is 1. The Kier molecular flexibility index (Phi) is 4.77. The molecule has 1 unspecified atom stereocenters. The number of amides is 1. The van der Waals surface area contributed by atoms with E-state index in [0.717, 1.165) is 48.8 Å². The van der Waals surface area contributed by atoms with Crippen molar-refractivity contribution in [3.8, 4) is 11.5 Å². The lowest BCUT2D eigenvalue weighted by Crippen LogP contribution is -3.16. The van der Waals surface area contributed by atoms with Gasteiger partial charge in [-0.15, -0.1) is 0 Å². The Morgan fingerprint density at radius 3 is 2.14 bits per heavy atom. The molecule has 5 aliphatic rings. The summed E-state index contributed by atoms with van der Waals surface area (Å²) in [5.41, 5.74) is 2.70. The Balaban J connectivity index is 1.28. The van der Waals surface area contributed by atoms with Crippen LogP contribution in [0.1, 0.15) is 56.6 Å². The summed E-state index contributed by atoms with van der Waals surface area (Å²) < 4.78 is 10.9. The summed E-state index contributed by atoms with van der Waals surface area (Å²) in [6.45, 7) is 3.96. The Hall–Kier alpha value is -1.75. The lowest BCUT2D eigenvalue weighted by molar-refractivity contribution is -0.929. The maximum atomic E-state index is 13.3. The van der Waals surface area contributed by atoms with Crippen molar-refractivity contribution in [1.82, 2.24) is 5.32 Å². The van der Waals surface area contributed by atoms with Crippen LogP contribution in [-0.4, -0.2) is 38.3 Å². The van der Waals surface area contributed by atoms with E-state index in [1.54, 1.807) is 14.2 Å². The molecule has 6 rings (SSSR count). The molecule has 1 aliphatic heterocycles. The second-order valence-corrected chi connectivity index (χ2v) is 10.2. The molecule has 1 heterocycles. The lowest BCUT2D eigenvalue weighted by atomic mass is 9.53.